The highest BCUT2D eigenvalue weighted by Crippen LogP contribution is 2.15. The molecule has 0 aliphatic rings. The number of halogens is 1. The molecule has 0 fully saturated rings. The first-order valence-electron chi connectivity index (χ1n) is 5.20. The zero-order valence-electron chi connectivity index (χ0n) is 9.77. The van der Waals surface area contributed by atoms with Gasteiger partial charge in [-0.15, -0.1) is 0 Å². The molecule has 0 spiro atoms. The number of nitrogens with one attached hydrogen (secondary N) is 1. The molecule has 0 saturated heterocycles. The molecule has 0 unspecified atom stereocenters. The highest BCUT2D eigenvalue weighted by Gasteiger charge is 2.14. The number of H-pyrrole nitrogens is 1. The first-order chi connectivity index (χ1) is 8.88. The number of aryl methyl sites for hydroxylation is 1. The molecule has 0 saturated carbocycles. The molecule has 0 aliphatic carbocycles. The van der Waals surface area contributed by atoms with Gasteiger partial charge >= 0.3 is 11.7 Å². The lowest BCUT2D eigenvalue weighted by molar-refractivity contribution is 0.0661. The van der Waals surface area contributed by atoms with Gasteiger partial charge in [-0.1, -0.05) is 0 Å². The molecule has 0 amide bonds. The van der Waals surface area contributed by atoms with Crippen LogP contribution in [0.3, 0.4) is 0 Å². The second kappa shape index (κ2) is 4.88. The third-order valence-electron chi connectivity index (χ3n) is 2.54. The molecule has 2 heterocycles. The molecule has 2 aromatic rings. The number of rotatable bonds is 3. The molecule has 2 rings (SSSR count). The van der Waals surface area contributed by atoms with Crippen molar-refractivity contribution in [1.82, 2.24) is 9.55 Å². The van der Waals surface area contributed by atoms with E-state index in [4.69, 9.17) is 9.52 Å². The van der Waals surface area contributed by atoms with Crippen LogP contribution in [-0.4, -0.2) is 20.6 Å². The van der Waals surface area contributed by atoms with Crippen LogP contribution >= 0.6 is 15.9 Å². The Morgan fingerprint density at radius 3 is 2.79 bits per heavy atom. The van der Waals surface area contributed by atoms with Crippen LogP contribution in [0.5, 0.6) is 0 Å². The molecule has 100 valence electrons. The maximum Gasteiger partial charge on any atom is 0.371 e. The minimum absolute atomic E-state index is 0.108. The van der Waals surface area contributed by atoms with E-state index in [1.54, 1.807) is 6.92 Å². The van der Waals surface area contributed by atoms with Crippen LogP contribution in [0.2, 0.25) is 0 Å². The van der Waals surface area contributed by atoms with Crippen molar-refractivity contribution in [3.63, 3.8) is 0 Å². The second-order valence-electron chi connectivity index (χ2n) is 3.86. The van der Waals surface area contributed by atoms with Gasteiger partial charge in [-0.3, -0.25) is 14.3 Å². The summed E-state index contributed by atoms with van der Waals surface area (Å²) in [6.07, 6.45) is 1.34. The maximum absolute atomic E-state index is 11.6. The van der Waals surface area contributed by atoms with Crippen LogP contribution < -0.4 is 11.2 Å². The number of aromatic carboxylic acids is 1. The number of hydrogen-bond donors (Lipinski definition) is 2. The van der Waals surface area contributed by atoms with E-state index in [2.05, 4.69) is 20.9 Å². The molecule has 0 bridgehead atoms. The molecule has 0 radical (unpaired) electrons. The van der Waals surface area contributed by atoms with Crippen molar-refractivity contribution < 1.29 is 14.3 Å². The Labute approximate surface area is 114 Å². The molecular weight excluding hydrogens is 320 g/mol. The summed E-state index contributed by atoms with van der Waals surface area (Å²) in [4.78, 5) is 35.7. The van der Waals surface area contributed by atoms with Crippen molar-refractivity contribution in [1.29, 1.82) is 0 Å². The molecule has 19 heavy (non-hydrogen) atoms. The van der Waals surface area contributed by atoms with Gasteiger partial charge in [-0.05, 0) is 28.9 Å². The Kier molecular flexibility index (Phi) is 3.43. The van der Waals surface area contributed by atoms with Crippen LogP contribution in [0.4, 0.5) is 0 Å². The standard InChI is InChI=1S/C11H9BrN2O5/c1-5-6(2-8(19-5)10(16)17)3-14-4-7(12)9(15)13-11(14)18/h2,4H,3H2,1H3,(H,16,17)(H,13,15,18). The predicted octanol–water partition coefficient (Wildman–Crippen LogP) is 0.947. The van der Waals surface area contributed by atoms with Gasteiger partial charge in [0.1, 0.15) is 5.76 Å². The number of aromatic nitrogens is 2. The molecule has 0 atom stereocenters. The lowest BCUT2D eigenvalue weighted by atomic mass is 10.2. The number of hydrogen-bond acceptors (Lipinski definition) is 4. The number of carboxylic acids is 1. The third-order valence-corrected chi connectivity index (χ3v) is 3.10. The van der Waals surface area contributed by atoms with E-state index in [-0.39, 0.29) is 16.8 Å². The van der Waals surface area contributed by atoms with E-state index in [0.717, 1.165) is 0 Å². The molecule has 7 nitrogen and oxygen atoms in total. The van der Waals surface area contributed by atoms with Crippen molar-refractivity contribution in [2.45, 2.75) is 13.5 Å². The largest absolute Gasteiger partial charge is 0.475 e. The van der Waals surface area contributed by atoms with Gasteiger partial charge in [-0.25, -0.2) is 9.59 Å². The molecule has 0 aromatic carbocycles. The minimum atomic E-state index is -1.18. The summed E-state index contributed by atoms with van der Waals surface area (Å²) in [5.74, 6) is -0.958. The van der Waals surface area contributed by atoms with Crippen LogP contribution in [0.15, 0.2) is 30.7 Å². The van der Waals surface area contributed by atoms with Crippen LogP contribution in [0, 0.1) is 6.92 Å². The van der Waals surface area contributed by atoms with E-state index in [1.165, 1.54) is 16.8 Å². The summed E-state index contributed by atoms with van der Waals surface area (Å²) in [5.41, 5.74) is -0.541. The Morgan fingerprint density at radius 1 is 1.53 bits per heavy atom. The fraction of sp³-hybridized carbons (Fsp3) is 0.182. The summed E-state index contributed by atoms with van der Waals surface area (Å²) in [6, 6.07) is 1.35. The van der Waals surface area contributed by atoms with Gasteiger partial charge in [0.15, 0.2) is 0 Å². The highest BCUT2D eigenvalue weighted by molar-refractivity contribution is 9.10. The van der Waals surface area contributed by atoms with Crippen LogP contribution in [0.25, 0.3) is 0 Å². The van der Waals surface area contributed by atoms with Crippen molar-refractivity contribution in [2.75, 3.05) is 0 Å². The number of carbonyl (C=O) groups is 1. The van der Waals surface area contributed by atoms with E-state index in [1.807, 2.05) is 0 Å². The normalized spacial score (nSPS) is 10.6. The van der Waals surface area contributed by atoms with Gasteiger partial charge in [0.25, 0.3) is 5.56 Å². The van der Waals surface area contributed by atoms with E-state index < -0.39 is 17.2 Å². The molecular formula is C11H9BrN2O5. The topological polar surface area (TPSA) is 105 Å². The third kappa shape index (κ3) is 2.68. The monoisotopic (exact) mass is 328 g/mol. The number of carboxylic acid groups (broad SMARTS) is 1. The number of aromatic amines is 1. The average Bonchev–Trinajstić information content (AvgIpc) is 2.68. The first kappa shape index (κ1) is 13.3. The van der Waals surface area contributed by atoms with E-state index >= 15 is 0 Å². The van der Waals surface area contributed by atoms with Gasteiger partial charge in [0.05, 0.1) is 11.0 Å². The molecule has 8 heteroatoms. The van der Waals surface area contributed by atoms with Gasteiger partial charge in [0, 0.05) is 11.8 Å². The Morgan fingerprint density at radius 2 is 2.21 bits per heavy atom. The van der Waals surface area contributed by atoms with Crippen molar-refractivity contribution in [2.24, 2.45) is 0 Å². The first-order valence-corrected chi connectivity index (χ1v) is 5.99. The molecule has 0 aliphatic heterocycles. The maximum atomic E-state index is 11.6. The van der Waals surface area contributed by atoms with Gasteiger partial charge in [-0.2, -0.15) is 0 Å². The summed E-state index contributed by atoms with van der Waals surface area (Å²) in [5, 5.41) is 8.81. The van der Waals surface area contributed by atoms with Crippen LogP contribution in [0.1, 0.15) is 21.9 Å². The minimum Gasteiger partial charge on any atom is -0.475 e. The second-order valence-corrected chi connectivity index (χ2v) is 4.72. The lowest BCUT2D eigenvalue weighted by Crippen LogP contribution is -2.30. The average molecular weight is 329 g/mol. The summed E-state index contributed by atoms with van der Waals surface area (Å²) in [6.45, 7) is 1.71. The highest BCUT2D eigenvalue weighted by atomic mass is 79.9. The Bertz CT molecular complexity index is 755. The zero-order valence-corrected chi connectivity index (χ0v) is 11.4. The lowest BCUT2D eigenvalue weighted by Gasteiger charge is -2.03. The van der Waals surface area contributed by atoms with E-state index in [9.17, 15) is 14.4 Å². The summed E-state index contributed by atoms with van der Waals surface area (Å²) in [7, 11) is 0. The quantitative estimate of drug-likeness (QED) is 0.872. The molecule has 2 aromatic heterocycles. The Balaban J connectivity index is 2.42. The van der Waals surface area contributed by atoms with Gasteiger partial charge < -0.3 is 9.52 Å². The van der Waals surface area contributed by atoms with Crippen LogP contribution in [-0.2, 0) is 6.54 Å². The van der Waals surface area contributed by atoms with Gasteiger partial charge in [0.2, 0.25) is 5.76 Å². The van der Waals surface area contributed by atoms with Crippen molar-refractivity contribution in [3.05, 3.63) is 54.7 Å². The summed E-state index contributed by atoms with van der Waals surface area (Å²) < 4.78 is 6.50. The number of nitrogens with zero attached hydrogens (tertiary/aromatic N) is 1. The zero-order chi connectivity index (χ0) is 14.2. The predicted molar refractivity (Wildman–Crippen MR) is 68.5 cm³/mol. The fourth-order valence-corrected chi connectivity index (χ4v) is 1.91. The fourth-order valence-electron chi connectivity index (χ4n) is 1.57. The Hall–Kier alpha value is -2.09. The van der Waals surface area contributed by atoms with E-state index in [0.29, 0.717) is 11.3 Å². The smallest absolute Gasteiger partial charge is 0.371 e. The van der Waals surface area contributed by atoms with Crippen molar-refractivity contribution in [3.8, 4) is 0 Å². The molecule has 2 N–H and O–H groups in total. The summed E-state index contributed by atoms with van der Waals surface area (Å²) >= 11 is 3.02. The van der Waals surface area contributed by atoms with Crippen molar-refractivity contribution >= 4 is 21.9 Å². The number of furan rings is 1. The SMILES string of the molecule is Cc1oc(C(=O)O)cc1Cn1cc(Br)c(=O)[nH]c1=O.